The molecule has 1 fully saturated rings. The van der Waals surface area contributed by atoms with Crippen LogP contribution in [0.1, 0.15) is 59.8 Å². The molecule has 1 aliphatic carbocycles. The summed E-state index contributed by atoms with van der Waals surface area (Å²) in [6, 6.07) is 16.8. The van der Waals surface area contributed by atoms with Gasteiger partial charge in [0.05, 0.1) is 16.8 Å². The SMILES string of the molecule is CC(C)NS(=O)(=O)Cc1ccc(CNC(=O)c2cc(C3CC3)nc3ccccc23)cc1. The third-order valence-corrected chi connectivity index (χ3v) is 6.77. The molecule has 1 heterocycles. The lowest BCUT2D eigenvalue weighted by Crippen LogP contribution is -2.31. The molecule has 2 N–H and O–H groups in total. The van der Waals surface area contributed by atoms with Gasteiger partial charge in [0.2, 0.25) is 10.0 Å². The molecule has 3 aromatic rings. The second-order valence-corrected chi connectivity index (χ2v) is 10.2. The zero-order valence-electron chi connectivity index (χ0n) is 17.8. The zero-order chi connectivity index (χ0) is 22.0. The van der Waals surface area contributed by atoms with Gasteiger partial charge in [-0.1, -0.05) is 42.5 Å². The van der Waals surface area contributed by atoms with Gasteiger partial charge in [-0.05, 0) is 49.9 Å². The standard InChI is InChI=1S/C24H27N3O3S/c1-16(2)27-31(29,30)15-18-9-7-17(8-10-18)14-25-24(28)21-13-23(19-11-12-19)26-22-6-4-3-5-20(21)22/h3-10,13,16,19,27H,11-12,14-15H2,1-2H3,(H,25,28). The number of pyridine rings is 1. The van der Waals surface area contributed by atoms with E-state index in [2.05, 4.69) is 10.0 Å². The summed E-state index contributed by atoms with van der Waals surface area (Å²) in [6.45, 7) is 3.96. The van der Waals surface area contributed by atoms with Crippen molar-refractivity contribution >= 4 is 26.8 Å². The predicted octanol–water partition coefficient (Wildman–Crippen LogP) is 3.87. The second-order valence-electron chi connectivity index (χ2n) is 8.42. The fraction of sp³-hybridized carbons (Fsp3) is 0.333. The third kappa shape index (κ3) is 5.48. The first-order chi connectivity index (χ1) is 14.8. The van der Waals surface area contributed by atoms with E-state index in [1.54, 1.807) is 26.0 Å². The highest BCUT2D eigenvalue weighted by Crippen LogP contribution is 2.40. The number of nitrogens with zero attached hydrogens (tertiary/aromatic N) is 1. The van der Waals surface area contributed by atoms with Crippen molar-refractivity contribution in [3.05, 3.63) is 77.0 Å². The fourth-order valence-electron chi connectivity index (χ4n) is 3.62. The summed E-state index contributed by atoms with van der Waals surface area (Å²) >= 11 is 0. The maximum Gasteiger partial charge on any atom is 0.252 e. The average molecular weight is 438 g/mol. The summed E-state index contributed by atoms with van der Waals surface area (Å²) in [6.07, 6.45) is 2.25. The average Bonchev–Trinajstić information content (AvgIpc) is 3.56. The van der Waals surface area contributed by atoms with Crippen molar-refractivity contribution in [3.8, 4) is 0 Å². The largest absolute Gasteiger partial charge is 0.348 e. The van der Waals surface area contributed by atoms with Crippen molar-refractivity contribution in [2.75, 3.05) is 0 Å². The highest BCUT2D eigenvalue weighted by Gasteiger charge is 2.26. The number of sulfonamides is 1. The molecule has 0 radical (unpaired) electrons. The molecule has 1 saturated carbocycles. The van der Waals surface area contributed by atoms with Crippen molar-refractivity contribution in [1.29, 1.82) is 0 Å². The Labute approximate surface area is 183 Å². The maximum atomic E-state index is 13.0. The second kappa shape index (κ2) is 8.77. The van der Waals surface area contributed by atoms with Crippen LogP contribution in [0.5, 0.6) is 0 Å². The van der Waals surface area contributed by atoms with E-state index >= 15 is 0 Å². The molecule has 1 amide bonds. The van der Waals surface area contributed by atoms with Crippen molar-refractivity contribution in [2.24, 2.45) is 0 Å². The molecule has 0 atom stereocenters. The Morgan fingerprint density at radius 1 is 1.06 bits per heavy atom. The number of amides is 1. The number of rotatable bonds is 8. The van der Waals surface area contributed by atoms with Crippen molar-refractivity contribution in [1.82, 2.24) is 15.0 Å². The first-order valence-corrected chi connectivity index (χ1v) is 12.2. The Balaban J connectivity index is 1.45. The van der Waals surface area contributed by atoms with Gasteiger partial charge in [-0.2, -0.15) is 0 Å². The van der Waals surface area contributed by atoms with Crippen molar-refractivity contribution in [2.45, 2.75) is 50.9 Å². The molecule has 0 spiro atoms. The van der Waals surface area contributed by atoms with E-state index in [4.69, 9.17) is 4.98 Å². The van der Waals surface area contributed by atoms with E-state index in [0.717, 1.165) is 35.0 Å². The van der Waals surface area contributed by atoms with Gasteiger partial charge in [0.25, 0.3) is 5.91 Å². The Morgan fingerprint density at radius 3 is 2.42 bits per heavy atom. The number of benzene rings is 2. The fourth-order valence-corrected chi connectivity index (χ4v) is 5.06. The van der Waals surface area contributed by atoms with Crippen LogP contribution in [0.4, 0.5) is 0 Å². The lowest BCUT2D eigenvalue weighted by atomic mass is 10.1. The molecule has 31 heavy (non-hydrogen) atoms. The molecule has 0 aliphatic heterocycles. The number of carbonyl (C=O) groups is 1. The molecule has 7 heteroatoms. The molecule has 1 aliphatic rings. The van der Waals surface area contributed by atoms with E-state index in [1.807, 2.05) is 42.5 Å². The zero-order valence-corrected chi connectivity index (χ0v) is 18.6. The molecule has 0 saturated heterocycles. The molecule has 0 bridgehead atoms. The van der Waals surface area contributed by atoms with E-state index in [1.165, 1.54) is 0 Å². The summed E-state index contributed by atoms with van der Waals surface area (Å²) in [4.78, 5) is 17.7. The lowest BCUT2D eigenvalue weighted by molar-refractivity contribution is 0.0952. The Morgan fingerprint density at radius 2 is 1.74 bits per heavy atom. The van der Waals surface area contributed by atoms with E-state index in [-0.39, 0.29) is 17.7 Å². The van der Waals surface area contributed by atoms with Gasteiger partial charge in [-0.15, -0.1) is 0 Å². The van der Waals surface area contributed by atoms with Gasteiger partial charge < -0.3 is 5.32 Å². The summed E-state index contributed by atoms with van der Waals surface area (Å²) in [5.41, 5.74) is 4.10. The van der Waals surface area contributed by atoms with Crippen LogP contribution in [0, 0.1) is 0 Å². The van der Waals surface area contributed by atoms with Gasteiger partial charge in [-0.25, -0.2) is 13.1 Å². The number of fused-ring (bicyclic) bond motifs is 1. The molecule has 6 nitrogen and oxygen atoms in total. The van der Waals surface area contributed by atoms with Crippen LogP contribution in [0.15, 0.2) is 54.6 Å². The van der Waals surface area contributed by atoms with Crippen LogP contribution >= 0.6 is 0 Å². The predicted molar refractivity (Wildman–Crippen MR) is 122 cm³/mol. The summed E-state index contributed by atoms with van der Waals surface area (Å²) in [7, 11) is -3.36. The normalized spacial score (nSPS) is 14.2. The quantitative estimate of drug-likeness (QED) is 0.560. The topological polar surface area (TPSA) is 88.2 Å². The van der Waals surface area contributed by atoms with Crippen LogP contribution < -0.4 is 10.0 Å². The van der Waals surface area contributed by atoms with Gasteiger partial charge >= 0.3 is 0 Å². The number of hydrogen-bond donors (Lipinski definition) is 2. The van der Waals surface area contributed by atoms with E-state index in [0.29, 0.717) is 23.6 Å². The summed E-state index contributed by atoms with van der Waals surface area (Å²) in [5.74, 6) is 0.267. The number of nitrogens with one attached hydrogen (secondary N) is 2. The van der Waals surface area contributed by atoms with Gasteiger partial charge in [0, 0.05) is 29.6 Å². The molecular formula is C24H27N3O3S. The van der Waals surface area contributed by atoms with Crippen LogP contribution in [0.25, 0.3) is 10.9 Å². The Hall–Kier alpha value is -2.77. The molecule has 2 aromatic carbocycles. The van der Waals surface area contributed by atoms with Gasteiger partial charge in [-0.3, -0.25) is 9.78 Å². The van der Waals surface area contributed by atoms with E-state index in [9.17, 15) is 13.2 Å². The van der Waals surface area contributed by atoms with Gasteiger partial charge in [0.1, 0.15) is 0 Å². The first kappa shape index (κ1) is 21.5. The number of carbonyl (C=O) groups excluding carboxylic acids is 1. The van der Waals surface area contributed by atoms with Crippen molar-refractivity contribution < 1.29 is 13.2 Å². The first-order valence-electron chi connectivity index (χ1n) is 10.6. The molecule has 162 valence electrons. The minimum Gasteiger partial charge on any atom is -0.348 e. The summed E-state index contributed by atoms with van der Waals surface area (Å²) < 4.78 is 26.7. The van der Waals surface area contributed by atoms with Crippen LogP contribution in [0.3, 0.4) is 0 Å². The van der Waals surface area contributed by atoms with Crippen molar-refractivity contribution in [3.63, 3.8) is 0 Å². The smallest absolute Gasteiger partial charge is 0.252 e. The Bertz CT molecular complexity index is 1200. The number of para-hydroxylation sites is 1. The Kier molecular flexibility index (Phi) is 6.07. The molecule has 4 rings (SSSR count). The van der Waals surface area contributed by atoms with Crippen LogP contribution in [0.2, 0.25) is 0 Å². The minimum absolute atomic E-state index is 0.0647. The van der Waals surface area contributed by atoms with Crippen LogP contribution in [-0.2, 0) is 22.3 Å². The summed E-state index contributed by atoms with van der Waals surface area (Å²) in [5, 5.41) is 3.84. The number of hydrogen-bond acceptors (Lipinski definition) is 4. The maximum absolute atomic E-state index is 13.0. The minimum atomic E-state index is -3.36. The number of aromatic nitrogens is 1. The van der Waals surface area contributed by atoms with E-state index < -0.39 is 10.0 Å². The lowest BCUT2D eigenvalue weighted by Gasteiger charge is -2.11. The molecular weight excluding hydrogens is 410 g/mol. The third-order valence-electron chi connectivity index (χ3n) is 5.22. The molecule has 1 aromatic heterocycles. The van der Waals surface area contributed by atoms with Crippen LogP contribution in [-0.4, -0.2) is 25.4 Å². The van der Waals surface area contributed by atoms with Gasteiger partial charge in [0.15, 0.2) is 0 Å². The highest BCUT2D eigenvalue weighted by atomic mass is 32.2. The monoisotopic (exact) mass is 437 g/mol. The highest BCUT2D eigenvalue weighted by molar-refractivity contribution is 7.88. The molecule has 0 unspecified atom stereocenters.